The normalized spacial score (nSPS) is 19.3. The van der Waals surface area contributed by atoms with Gasteiger partial charge in [-0.05, 0) is 57.5 Å². The quantitative estimate of drug-likeness (QED) is 0.821. The predicted molar refractivity (Wildman–Crippen MR) is 116 cm³/mol. The fourth-order valence-electron chi connectivity index (χ4n) is 3.26. The van der Waals surface area contributed by atoms with Gasteiger partial charge >= 0.3 is 0 Å². The highest BCUT2D eigenvalue weighted by Crippen LogP contribution is 2.36. The Morgan fingerprint density at radius 3 is 2.45 bits per heavy atom. The lowest BCUT2D eigenvalue weighted by Gasteiger charge is -2.40. The molecule has 1 atom stereocenters. The zero-order valence-corrected chi connectivity index (χ0v) is 18.4. The molecule has 0 fully saturated rings. The second-order valence-corrected chi connectivity index (χ2v) is 9.52. The fourth-order valence-corrected chi connectivity index (χ4v) is 4.47. The average Bonchev–Trinajstić information content (AvgIpc) is 2.78. The molecule has 0 spiro atoms. The van der Waals surface area contributed by atoms with E-state index in [9.17, 15) is 9.59 Å². The SMILES string of the molecule is COc1ccc(CN2C(=O)c3ccccc3SCC2(C)C(=O)NC(C)(C)C)cc1. The van der Waals surface area contributed by atoms with E-state index in [1.807, 2.05) is 76.2 Å². The van der Waals surface area contributed by atoms with E-state index in [0.717, 1.165) is 16.2 Å². The zero-order chi connectivity index (χ0) is 21.2. The molecule has 1 N–H and O–H groups in total. The van der Waals surface area contributed by atoms with E-state index in [2.05, 4.69) is 5.32 Å². The number of carbonyl (C=O) groups is 2. The molecule has 1 aliphatic heterocycles. The summed E-state index contributed by atoms with van der Waals surface area (Å²) in [5.74, 6) is 0.957. The smallest absolute Gasteiger partial charge is 0.256 e. The zero-order valence-electron chi connectivity index (χ0n) is 17.6. The standard InChI is InChI=1S/C23H28N2O3S/c1-22(2,3)24-21(27)23(4)15-29-19-9-7-6-8-18(19)20(26)25(23)14-16-10-12-17(28-5)13-11-16/h6-13H,14-15H2,1-5H3,(H,24,27). The van der Waals surface area contributed by atoms with Gasteiger partial charge in [-0.3, -0.25) is 9.59 Å². The van der Waals surface area contributed by atoms with Crippen LogP contribution in [0.4, 0.5) is 0 Å². The van der Waals surface area contributed by atoms with Crippen LogP contribution in [-0.4, -0.2) is 40.7 Å². The Kier molecular flexibility index (Phi) is 5.94. The van der Waals surface area contributed by atoms with Crippen molar-refractivity contribution in [1.29, 1.82) is 0 Å². The van der Waals surface area contributed by atoms with E-state index in [1.165, 1.54) is 0 Å². The molecule has 2 amide bonds. The van der Waals surface area contributed by atoms with Crippen molar-refractivity contribution in [3.05, 3.63) is 59.7 Å². The lowest BCUT2D eigenvalue weighted by atomic mass is 9.96. The minimum Gasteiger partial charge on any atom is -0.497 e. The Labute approximate surface area is 176 Å². The number of thioether (sulfide) groups is 1. The molecule has 5 nitrogen and oxygen atoms in total. The summed E-state index contributed by atoms with van der Waals surface area (Å²) in [4.78, 5) is 29.5. The maximum Gasteiger partial charge on any atom is 0.256 e. The third kappa shape index (κ3) is 4.58. The molecule has 154 valence electrons. The van der Waals surface area contributed by atoms with Crippen LogP contribution in [0, 0.1) is 0 Å². The van der Waals surface area contributed by atoms with E-state index >= 15 is 0 Å². The first-order chi connectivity index (χ1) is 13.6. The van der Waals surface area contributed by atoms with Gasteiger partial charge in [0.2, 0.25) is 5.91 Å². The molecule has 3 rings (SSSR count). The van der Waals surface area contributed by atoms with Crippen LogP contribution in [0.3, 0.4) is 0 Å². The molecule has 0 saturated heterocycles. The van der Waals surface area contributed by atoms with Crippen LogP contribution >= 0.6 is 11.8 Å². The van der Waals surface area contributed by atoms with E-state index in [0.29, 0.717) is 17.9 Å². The fraction of sp³-hybridized carbons (Fsp3) is 0.391. The summed E-state index contributed by atoms with van der Waals surface area (Å²) in [5.41, 5.74) is 0.198. The largest absolute Gasteiger partial charge is 0.497 e. The van der Waals surface area contributed by atoms with Gasteiger partial charge in [0.15, 0.2) is 0 Å². The van der Waals surface area contributed by atoms with E-state index in [-0.39, 0.29) is 11.8 Å². The summed E-state index contributed by atoms with van der Waals surface area (Å²) in [6.07, 6.45) is 0. The summed E-state index contributed by atoms with van der Waals surface area (Å²) in [5, 5.41) is 3.07. The molecule has 2 aromatic rings. The summed E-state index contributed by atoms with van der Waals surface area (Å²) < 4.78 is 5.23. The first kappa shape index (κ1) is 21.2. The van der Waals surface area contributed by atoms with Crippen molar-refractivity contribution in [3.8, 4) is 5.75 Å². The molecular formula is C23H28N2O3S. The maximum atomic E-state index is 13.6. The Hall–Kier alpha value is -2.47. The molecule has 6 heteroatoms. The van der Waals surface area contributed by atoms with Crippen molar-refractivity contribution in [2.75, 3.05) is 12.9 Å². The highest BCUT2D eigenvalue weighted by atomic mass is 32.2. The van der Waals surface area contributed by atoms with Gasteiger partial charge in [0, 0.05) is 22.7 Å². The van der Waals surface area contributed by atoms with Crippen LogP contribution in [0.1, 0.15) is 43.6 Å². The third-order valence-corrected chi connectivity index (χ3v) is 6.32. The van der Waals surface area contributed by atoms with Crippen molar-refractivity contribution in [1.82, 2.24) is 10.2 Å². The molecule has 0 aromatic heterocycles. The number of fused-ring (bicyclic) bond motifs is 1. The van der Waals surface area contributed by atoms with Crippen LogP contribution in [0.2, 0.25) is 0 Å². The van der Waals surface area contributed by atoms with Crippen LogP contribution < -0.4 is 10.1 Å². The molecule has 0 aliphatic carbocycles. The minimum atomic E-state index is -0.992. The number of benzene rings is 2. The van der Waals surface area contributed by atoms with Crippen LogP contribution in [0.15, 0.2) is 53.4 Å². The van der Waals surface area contributed by atoms with Gasteiger partial charge in [0.05, 0.1) is 12.7 Å². The van der Waals surface area contributed by atoms with Gasteiger partial charge in [0.25, 0.3) is 5.91 Å². The molecule has 0 bridgehead atoms. The molecule has 1 heterocycles. The minimum absolute atomic E-state index is 0.132. The van der Waals surface area contributed by atoms with E-state index in [4.69, 9.17) is 4.74 Å². The molecule has 0 saturated carbocycles. The Balaban J connectivity index is 2.02. The van der Waals surface area contributed by atoms with Crippen molar-refractivity contribution < 1.29 is 14.3 Å². The van der Waals surface area contributed by atoms with Crippen molar-refractivity contribution >= 4 is 23.6 Å². The first-order valence-electron chi connectivity index (χ1n) is 9.63. The van der Waals surface area contributed by atoms with E-state index in [1.54, 1.807) is 23.8 Å². The molecule has 1 aliphatic rings. The van der Waals surface area contributed by atoms with Gasteiger partial charge in [-0.25, -0.2) is 0 Å². The monoisotopic (exact) mass is 412 g/mol. The second-order valence-electron chi connectivity index (χ2n) is 8.50. The summed E-state index contributed by atoms with van der Waals surface area (Å²) in [6, 6.07) is 15.2. The van der Waals surface area contributed by atoms with Crippen molar-refractivity contribution in [2.45, 2.75) is 50.2 Å². The second kappa shape index (κ2) is 8.11. The summed E-state index contributed by atoms with van der Waals surface area (Å²) in [7, 11) is 1.62. The Bertz CT molecular complexity index is 905. The highest BCUT2D eigenvalue weighted by Gasteiger charge is 2.45. The molecule has 29 heavy (non-hydrogen) atoms. The van der Waals surface area contributed by atoms with Gasteiger partial charge < -0.3 is 15.0 Å². The Morgan fingerprint density at radius 1 is 1.17 bits per heavy atom. The van der Waals surface area contributed by atoms with Crippen LogP contribution in [0.5, 0.6) is 5.75 Å². The number of nitrogens with one attached hydrogen (secondary N) is 1. The first-order valence-corrected chi connectivity index (χ1v) is 10.6. The topological polar surface area (TPSA) is 58.6 Å². The molecular weight excluding hydrogens is 384 g/mol. The van der Waals surface area contributed by atoms with E-state index < -0.39 is 11.1 Å². The van der Waals surface area contributed by atoms with Gasteiger partial charge in [-0.15, -0.1) is 11.8 Å². The lowest BCUT2D eigenvalue weighted by Crippen LogP contribution is -2.62. The van der Waals surface area contributed by atoms with Crippen molar-refractivity contribution in [3.63, 3.8) is 0 Å². The van der Waals surface area contributed by atoms with Gasteiger partial charge in [-0.1, -0.05) is 24.3 Å². The number of methoxy groups -OCH3 is 1. The Morgan fingerprint density at radius 2 is 1.83 bits per heavy atom. The van der Waals surface area contributed by atoms with Gasteiger partial charge in [0.1, 0.15) is 11.3 Å². The molecule has 2 aromatic carbocycles. The third-order valence-electron chi connectivity index (χ3n) is 4.94. The number of rotatable bonds is 4. The number of carbonyl (C=O) groups excluding carboxylic acids is 2. The van der Waals surface area contributed by atoms with Crippen LogP contribution in [0.25, 0.3) is 0 Å². The number of hydrogen-bond donors (Lipinski definition) is 1. The number of nitrogens with zero attached hydrogens (tertiary/aromatic N) is 1. The highest BCUT2D eigenvalue weighted by molar-refractivity contribution is 7.99. The number of amides is 2. The predicted octanol–water partition coefficient (Wildman–Crippen LogP) is 4.12. The average molecular weight is 413 g/mol. The van der Waals surface area contributed by atoms with Gasteiger partial charge in [-0.2, -0.15) is 0 Å². The summed E-state index contributed by atoms with van der Waals surface area (Å²) >= 11 is 1.55. The van der Waals surface area contributed by atoms with Crippen LogP contribution in [-0.2, 0) is 11.3 Å². The molecule has 1 unspecified atom stereocenters. The number of hydrogen-bond acceptors (Lipinski definition) is 4. The number of ether oxygens (including phenoxy) is 1. The molecule has 0 radical (unpaired) electrons. The van der Waals surface area contributed by atoms with Crippen molar-refractivity contribution in [2.24, 2.45) is 0 Å². The maximum absolute atomic E-state index is 13.6. The lowest BCUT2D eigenvalue weighted by molar-refractivity contribution is -0.131. The summed E-state index contributed by atoms with van der Waals surface area (Å²) in [6.45, 7) is 8.04.